The van der Waals surface area contributed by atoms with Crippen LogP contribution in [-0.4, -0.2) is 46.5 Å². The molecule has 0 bridgehead atoms. The molecule has 0 aromatic heterocycles. The summed E-state index contributed by atoms with van der Waals surface area (Å²) in [6.07, 6.45) is 0.616. The van der Waals surface area contributed by atoms with Crippen LogP contribution in [0.5, 0.6) is 0 Å². The van der Waals surface area contributed by atoms with Gasteiger partial charge < -0.3 is 15.2 Å². The SMILES string of the molecule is CN1c2ccccc2C(NCCCCOC(C(=O)O)C(C)(C)C)c2ccc(Cl)cc2S1(O)O. The van der Waals surface area contributed by atoms with Gasteiger partial charge in [-0.15, -0.1) is 0 Å². The van der Waals surface area contributed by atoms with E-state index in [4.69, 9.17) is 16.3 Å². The number of hydrogen-bond acceptors (Lipinski definition) is 6. The molecule has 0 saturated carbocycles. The lowest BCUT2D eigenvalue weighted by Gasteiger charge is -2.41. The molecule has 33 heavy (non-hydrogen) atoms. The third kappa shape index (κ3) is 5.65. The van der Waals surface area contributed by atoms with Crippen molar-refractivity contribution in [3.8, 4) is 0 Å². The van der Waals surface area contributed by atoms with Crippen molar-refractivity contribution in [1.29, 1.82) is 0 Å². The molecule has 3 rings (SSSR count). The van der Waals surface area contributed by atoms with Crippen LogP contribution in [0, 0.1) is 5.41 Å². The zero-order chi connectivity index (χ0) is 24.4. The van der Waals surface area contributed by atoms with Crippen molar-refractivity contribution in [1.82, 2.24) is 5.32 Å². The number of carboxylic acids is 1. The Morgan fingerprint density at radius 3 is 2.55 bits per heavy atom. The highest BCUT2D eigenvalue weighted by Crippen LogP contribution is 2.59. The quantitative estimate of drug-likeness (QED) is 0.343. The highest BCUT2D eigenvalue weighted by Gasteiger charge is 2.35. The number of hydrogen-bond donors (Lipinski definition) is 4. The normalized spacial score (nSPS) is 19.2. The van der Waals surface area contributed by atoms with E-state index in [1.165, 1.54) is 4.31 Å². The molecule has 2 unspecified atom stereocenters. The van der Waals surface area contributed by atoms with Gasteiger partial charge in [-0.25, -0.2) is 4.79 Å². The number of nitrogens with one attached hydrogen (secondary N) is 1. The van der Waals surface area contributed by atoms with Gasteiger partial charge in [0, 0.05) is 18.7 Å². The Morgan fingerprint density at radius 2 is 1.88 bits per heavy atom. The van der Waals surface area contributed by atoms with Crippen LogP contribution in [0.15, 0.2) is 47.4 Å². The van der Waals surface area contributed by atoms with Crippen LogP contribution in [0.2, 0.25) is 5.02 Å². The molecule has 2 atom stereocenters. The molecular weight excluding hydrogens is 464 g/mol. The zero-order valence-electron chi connectivity index (χ0n) is 19.4. The van der Waals surface area contributed by atoms with Gasteiger partial charge in [0.25, 0.3) is 0 Å². The fourth-order valence-corrected chi connectivity index (χ4v) is 5.80. The largest absolute Gasteiger partial charge is 0.479 e. The minimum Gasteiger partial charge on any atom is -0.479 e. The van der Waals surface area contributed by atoms with E-state index in [9.17, 15) is 19.0 Å². The number of halogens is 1. The predicted octanol–water partition coefficient (Wildman–Crippen LogP) is 5.79. The molecule has 0 amide bonds. The van der Waals surface area contributed by atoms with Gasteiger partial charge in [0.1, 0.15) is 0 Å². The van der Waals surface area contributed by atoms with Gasteiger partial charge in [0.05, 0.1) is 16.6 Å². The van der Waals surface area contributed by atoms with Gasteiger partial charge in [-0.2, -0.15) is 0 Å². The third-order valence-electron chi connectivity index (χ3n) is 5.77. The van der Waals surface area contributed by atoms with Crippen LogP contribution in [0.1, 0.15) is 50.8 Å². The van der Waals surface area contributed by atoms with Crippen molar-refractivity contribution in [3.05, 3.63) is 58.6 Å². The number of nitrogens with zero attached hydrogens (tertiary/aromatic N) is 1. The Hall–Kier alpha value is -1.81. The second-order valence-electron chi connectivity index (χ2n) is 9.31. The number of para-hydroxylation sites is 1. The molecule has 1 aliphatic rings. The number of unbranched alkanes of at least 4 members (excludes halogenated alkanes) is 1. The standard InChI is InChI=1S/C24H33ClN2O5S/c1-24(2,3)22(23(28)29)32-14-8-7-13-26-21-17-9-5-6-10-19(17)27(4)33(30,31)20-15-16(25)11-12-18(20)21/h5-6,9-12,15,21-22,26,30-31H,7-8,13-14H2,1-4H3,(H,28,29). The number of ether oxygens (including phenoxy) is 1. The molecule has 0 fully saturated rings. The van der Waals surface area contributed by atoms with E-state index in [1.807, 2.05) is 51.1 Å². The minimum atomic E-state index is -3.26. The van der Waals surface area contributed by atoms with E-state index in [0.29, 0.717) is 29.5 Å². The summed E-state index contributed by atoms with van der Waals surface area (Å²) in [4.78, 5) is 11.9. The molecule has 0 spiro atoms. The Labute approximate surface area is 202 Å². The third-order valence-corrected chi connectivity index (χ3v) is 7.90. The first-order chi connectivity index (χ1) is 15.4. The maximum absolute atomic E-state index is 11.5. The van der Waals surface area contributed by atoms with Crippen molar-refractivity contribution in [2.75, 3.05) is 24.5 Å². The maximum Gasteiger partial charge on any atom is 0.333 e. The summed E-state index contributed by atoms with van der Waals surface area (Å²) in [5, 5.41) is 13.4. The summed E-state index contributed by atoms with van der Waals surface area (Å²) in [5.74, 6) is -0.950. The fourth-order valence-electron chi connectivity index (χ4n) is 4.04. The summed E-state index contributed by atoms with van der Waals surface area (Å²) in [5.41, 5.74) is 1.97. The molecule has 9 heteroatoms. The molecule has 1 heterocycles. The minimum absolute atomic E-state index is 0.258. The Balaban J connectivity index is 1.74. The highest BCUT2D eigenvalue weighted by molar-refractivity contribution is 8.25. The van der Waals surface area contributed by atoms with Crippen LogP contribution in [-0.2, 0) is 9.53 Å². The molecular formula is C24H33ClN2O5S. The summed E-state index contributed by atoms with van der Waals surface area (Å²) in [6.45, 7) is 6.54. The molecule has 7 nitrogen and oxygen atoms in total. The lowest BCUT2D eigenvalue weighted by atomic mass is 9.89. The monoisotopic (exact) mass is 496 g/mol. The molecule has 182 valence electrons. The number of carboxylic acid groups (broad SMARTS) is 1. The van der Waals surface area contributed by atoms with Gasteiger partial charge >= 0.3 is 5.97 Å². The maximum atomic E-state index is 11.5. The van der Waals surface area contributed by atoms with Crippen LogP contribution in [0.4, 0.5) is 5.69 Å². The van der Waals surface area contributed by atoms with Crippen LogP contribution < -0.4 is 9.62 Å². The van der Waals surface area contributed by atoms with E-state index in [2.05, 4.69) is 5.32 Å². The number of benzene rings is 2. The van der Waals surface area contributed by atoms with Crippen molar-refractivity contribution in [2.24, 2.45) is 5.41 Å². The smallest absolute Gasteiger partial charge is 0.333 e. The van der Waals surface area contributed by atoms with Crippen LogP contribution in [0.3, 0.4) is 0 Å². The Kier molecular flexibility index (Phi) is 7.99. The number of rotatable bonds is 8. The number of fused-ring (bicyclic) bond motifs is 2. The van der Waals surface area contributed by atoms with E-state index in [-0.39, 0.29) is 6.04 Å². The number of aliphatic carboxylic acids is 1. The summed E-state index contributed by atoms with van der Waals surface area (Å²) < 4.78 is 29.3. The van der Waals surface area contributed by atoms with Crippen molar-refractivity contribution >= 4 is 34.0 Å². The lowest BCUT2D eigenvalue weighted by Crippen LogP contribution is -2.37. The van der Waals surface area contributed by atoms with E-state index >= 15 is 0 Å². The number of anilines is 1. The second kappa shape index (κ2) is 10.2. The lowest BCUT2D eigenvalue weighted by molar-refractivity contribution is -0.158. The van der Waals surface area contributed by atoms with Crippen molar-refractivity contribution in [3.63, 3.8) is 0 Å². The zero-order valence-corrected chi connectivity index (χ0v) is 21.0. The first-order valence-electron chi connectivity index (χ1n) is 10.9. The Morgan fingerprint density at radius 1 is 1.18 bits per heavy atom. The molecule has 2 aromatic rings. The average molecular weight is 497 g/mol. The molecule has 1 aliphatic heterocycles. The average Bonchev–Trinajstić information content (AvgIpc) is 2.80. The van der Waals surface area contributed by atoms with E-state index < -0.39 is 28.3 Å². The highest BCUT2D eigenvalue weighted by atomic mass is 35.5. The molecule has 0 saturated heterocycles. The predicted molar refractivity (Wildman–Crippen MR) is 133 cm³/mol. The van der Waals surface area contributed by atoms with E-state index in [1.54, 1.807) is 19.2 Å². The Bertz CT molecular complexity index is 995. The number of carbonyl (C=O) groups is 1. The fraction of sp³-hybridized carbons (Fsp3) is 0.458. The van der Waals surface area contributed by atoms with Crippen molar-refractivity contribution in [2.45, 2.75) is 50.7 Å². The first kappa shape index (κ1) is 25.8. The summed E-state index contributed by atoms with van der Waals surface area (Å²) >= 11 is 6.20. The van der Waals surface area contributed by atoms with E-state index in [0.717, 1.165) is 23.2 Å². The summed E-state index contributed by atoms with van der Waals surface area (Å²) in [6, 6.07) is 12.6. The summed E-state index contributed by atoms with van der Waals surface area (Å²) in [7, 11) is -1.59. The first-order valence-corrected chi connectivity index (χ1v) is 12.8. The molecule has 0 radical (unpaired) electrons. The van der Waals surface area contributed by atoms with Gasteiger partial charge in [-0.3, -0.25) is 13.4 Å². The molecule has 0 aliphatic carbocycles. The van der Waals surface area contributed by atoms with Gasteiger partial charge in [0.2, 0.25) is 0 Å². The topological polar surface area (TPSA) is 102 Å². The second-order valence-corrected chi connectivity index (χ2v) is 11.8. The van der Waals surface area contributed by atoms with Gasteiger partial charge in [-0.1, -0.05) is 67.4 Å². The van der Waals surface area contributed by atoms with Gasteiger partial charge in [0.15, 0.2) is 6.10 Å². The molecule has 4 N–H and O–H groups in total. The van der Waals surface area contributed by atoms with Crippen LogP contribution in [0.25, 0.3) is 0 Å². The van der Waals surface area contributed by atoms with Gasteiger partial charge in [-0.05, 0) is 54.1 Å². The van der Waals surface area contributed by atoms with Crippen molar-refractivity contribution < 1.29 is 23.7 Å². The van der Waals surface area contributed by atoms with Crippen LogP contribution >= 0.6 is 22.4 Å². The molecule has 2 aromatic carbocycles.